The first-order valence-corrected chi connectivity index (χ1v) is 7.28. The lowest BCUT2D eigenvalue weighted by molar-refractivity contribution is 0.152. The molecule has 1 atom stereocenters. The molecule has 1 unspecified atom stereocenters. The van der Waals surface area contributed by atoms with Gasteiger partial charge in [-0.05, 0) is 25.2 Å². The summed E-state index contributed by atoms with van der Waals surface area (Å²) in [5.41, 5.74) is 0. The van der Waals surface area contributed by atoms with E-state index in [0.29, 0.717) is 25.4 Å². The van der Waals surface area contributed by atoms with Crippen LogP contribution in [0, 0.1) is 5.92 Å². The Kier molecular flexibility index (Phi) is 5.17. The Balaban J connectivity index is 2.35. The van der Waals surface area contributed by atoms with Gasteiger partial charge in [0, 0.05) is 19.6 Å². The van der Waals surface area contributed by atoms with E-state index in [4.69, 9.17) is 0 Å². The van der Waals surface area contributed by atoms with Crippen LogP contribution < -0.4 is 4.72 Å². The average molecular weight is 250 g/mol. The Bertz CT molecular complexity index is 297. The van der Waals surface area contributed by atoms with Crippen LogP contribution in [0.5, 0.6) is 0 Å². The lowest BCUT2D eigenvalue weighted by Gasteiger charge is -2.18. The van der Waals surface area contributed by atoms with Crippen molar-refractivity contribution in [2.75, 3.05) is 19.6 Å². The fourth-order valence-corrected chi connectivity index (χ4v) is 3.17. The highest BCUT2D eigenvalue weighted by Gasteiger charge is 2.25. The van der Waals surface area contributed by atoms with Crippen molar-refractivity contribution in [3.05, 3.63) is 0 Å². The molecule has 0 aromatic rings. The van der Waals surface area contributed by atoms with Crippen molar-refractivity contribution in [2.45, 2.75) is 39.2 Å². The summed E-state index contributed by atoms with van der Waals surface area (Å²) in [4.78, 5) is 0. The molecule has 0 bridgehead atoms. The van der Waals surface area contributed by atoms with Crippen molar-refractivity contribution in [3.8, 4) is 0 Å². The minimum atomic E-state index is -3.37. The third kappa shape index (κ3) is 4.37. The molecule has 6 heteroatoms. The highest BCUT2D eigenvalue weighted by atomic mass is 32.2. The first-order valence-electron chi connectivity index (χ1n) is 5.84. The van der Waals surface area contributed by atoms with Crippen LogP contribution in [0.4, 0.5) is 0 Å². The number of aliphatic hydroxyl groups excluding tert-OH is 1. The van der Waals surface area contributed by atoms with Gasteiger partial charge < -0.3 is 5.11 Å². The van der Waals surface area contributed by atoms with E-state index in [-0.39, 0.29) is 6.54 Å². The summed E-state index contributed by atoms with van der Waals surface area (Å²) in [6, 6.07) is 0. The molecular formula is C10H22N2O3S. The molecule has 1 aliphatic heterocycles. The van der Waals surface area contributed by atoms with Gasteiger partial charge in [-0.25, -0.2) is 0 Å². The fourth-order valence-electron chi connectivity index (χ4n) is 1.85. The minimum Gasteiger partial charge on any atom is -0.392 e. The zero-order valence-corrected chi connectivity index (χ0v) is 10.8. The van der Waals surface area contributed by atoms with Gasteiger partial charge >= 0.3 is 0 Å². The lowest BCUT2D eigenvalue weighted by Crippen LogP contribution is -2.42. The van der Waals surface area contributed by atoms with Crippen LogP contribution in [-0.4, -0.2) is 43.6 Å². The zero-order valence-electron chi connectivity index (χ0n) is 10.0. The maximum atomic E-state index is 11.7. The van der Waals surface area contributed by atoms with Gasteiger partial charge in [-0.15, -0.1) is 0 Å². The number of hydrogen-bond acceptors (Lipinski definition) is 3. The van der Waals surface area contributed by atoms with Gasteiger partial charge in [0.1, 0.15) is 0 Å². The van der Waals surface area contributed by atoms with E-state index in [1.807, 2.05) is 13.8 Å². The Morgan fingerprint density at radius 3 is 2.38 bits per heavy atom. The molecule has 0 saturated carbocycles. The van der Waals surface area contributed by atoms with Crippen molar-refractivity contribution in [2.24, 2.45) is 5.92 Å². The van der Waals surface area contributed by atoms with Gasteiger partial charge in [0.15, 0.2) is 0 Å². The maximum absolute atomic E-state index is 11.7. The Labute approximate surface area is 98.0 Å². The van der Waals surface area contributed by atoms with Crippen molar-refractivity contribution in [3.63, 3.8) is 0 Å². The van der Waals surface area contributed by atoms with Crippen molar-refractivity contribution in [1.29, 1.82) is 0 Å². The van der Waals surface area contributed by atoms with E-state index in [2.05, 4.69) is 4.72 Å². The molecule has 16 heavy (non-hydrogen) atoms. The minimum absolute atomic E-state index is 0.108. The fraction of sp³-hybridized carbons (Fsp3) is 1.00. The Morgan fingerprint density at radius 2 is 1.88 bits per heavy atom. The molecule has 0 aromatic carbocycles. The number of aliphatic hydroxyl groups is 1. The molecule has 1 fully saturated rings. The summed E-state index contributed by atoms with van der Waals surface area (Å²) < 4.78 is 27.3. The van der Waals surface area contributed by atoms with Crippen molar-refractivity contribution < 1.29 is 13.5 Å². The molecule has 1 saturated heterocycles. The molecular weight excluding hydrogens is 228 g/mol. The van der Waals surface area contributed by atoms with Crippen LogP contribution in [0.2, 0.25) is 0 Å². The normalized spacial score (nSPS) is 20.5. The first kappa shape index (κ1) is 13.9. The summed E-state index contributed by atoms with van der Waals surface area (Å²) in [6.07, 6.45) is 1.87. The number of nitrogens with zero attached hydrogens (tertiary/aromatic N) is 1. The predicted molar refractivity (Wildman–Crippen MR) is 63.2 cm³/mol. The number of nitrogens with one attached hydrogen (secondary N) is 1. The molecule has 0 spiro atoms. The van der Waals surface area contributed by atoms with Gasteiger partial charge in [0.25, 0.3) is 10.2 Å². The predicted octanol–water partition coefficient (Wildman–Crippen LogP) is 0.324. The largest absolute Gasteiger partial charge is 0.392 e. The monoisotopic (exact) mass is 250 g/mol. The van der Waals surface area contributed by atoms with Crippen molar-refractivity contribution in [1.82, 2.24) is 9.03 Å². The number of hydrogen-bond donors (Lipinski definition) is 2. The summed E-state index contributed by atoms with van der Waals surface area (Å²) in [5, 5.41) is 9.58. The molecule has 96 valence electrons. The highest BCUT2D eigenvalue weighted by molar-refractivity contribution is 7.87. The third-order valence-corrected chi connectivity index (χ3v) is 4.23. The van der Waals surface area contributed by atoms with Crippen molar-refractivity contribution >= 4 is 10.2 Å². The quantitative estimate of drug-likeness (QED) is 0.713. The van der Waals surface area contributed by atoms with Gasteiger partial charge in [0.05, 0.1) is 6.10 Å². The van der Waals surface area contributed by atoms with Gasteiger partial charge in [-0.2, -0.15) is 17.4 Å². The molecule has 1 aliphatic rings. The third-order valence-electron chi connectivity index (χ3n) is 2.65. The first-order chi connectivity index (χ1) is 7.42. The standard InChI is InChI=1S/C10H22N2O3S/c1-9(2)7-10(13)8-11-16(14,15)12-5-3-4-6-12/h9-11,13H,3-8H2,1-2H3. The maximum Gasteiger partial charge on any atom is 0.279 e. The van der Waals surface area contributed by atoms with E-state index >= 15 is 0 Å². The lowest BCUT2D eigenvalue weighted by atomic mass is 10.1. The molecule has 0 amide bonds. The van der Waals surface area contributed by atoms with Crippen LogP contribution >= 0.6 is 0 Å². The SMILES string of the molecule is CC(C)CC(O)CNS(=O)(=O)N1CCCC1. The summed E-state index contributed by atoms with van der Waals surface area (Å²) >= 11 is 0. The highest BCUT2D eigenvalue weighted by Crippen LogP contribution is 2.11. The second-order valence-electron chi connectivity index (χ2n) is 4.74. The molecule has 1 rings (SSSR count). The summed E-state index contributed by atoms with van der Waals surface area (Å²) in [6.45, 7) is 5.29. The Hall–Kier alpha value is -0.170. The molecule has 5 nitrogen and oxygen atoms in total. The van der Waals surface area contributed by atoms with E-state index in [0.717, 1.165) is 12.8 Å². The van der Waals surface area contributed by atoms with Gasteiger partial charge in [-0.1, -0.05) is 13.8 Å². The van der Waals surface area contributed by atoms with Crippen LogP contribution in [0.3, 0.4) is 0 Å². The summed E-state index contributed by atoms with van der Waals surface area (Å²) in [7, 11) is -3.37. The molecule has 2 N–H and O–H groups in total. The zero-order chi connectivity index (χ0) is 12.2. The van der Waals surface area contributed by atoms with E-state index in [1.54, 1.807) is 0 Å². The van der Waals surface area contributed by atoms with Crippen LogP contribution in [0.15, 0.2) is 0 Å². The van der Waals surface area contributed by atoms with E-state index in [9.17, 15) is 13.5 Å². The topological polar surface area (TPSA) is 69.6 Å². The molecule has 0 aromatic heterocycles. The van der Waals surface area contributed by atoms with Crippen LogP contribution in [-0.2, 0) is 10.2 Å². The van der Waals surface area contributed by atoms with E-state index < -0.39 is 16.3 Å². The second-order valence-corrected chi connectivity index (χ2v) is 6.50. The molecule has 1 heterocycles. The summed E-state index contributed by atoms with van der Waals surface area (Å²) in [5.74, 6) is 0.367. The molecule has 0 aliphatic carbocycles. The van der Waals surface area contributed by atoms with Crippen LogP contribution in [0.1, 0.15) is 33.1 Å². The van der Waals surface area contributed by atoms with Gasteiger partial charge in [0.2, 0.25) is 0 Å². The smallest absolute Gasteiger partial charge is 0.279 e. The van der Waals surface area contributed by atoms with Gasteiger partial charge in [-0.3, -0.25) is 0 Å². The average Bonchev–Trinajstić information content (AvgIpc) is 2.67. The van der Waals surface area contributed by atoms with E-state index in [1.165, 1.54) is 4.31 Å². The molecule has 0 radical (unpaired) electrons. The van der Waals surface area contributed by atoms with Crippen LogP contribution in [0.25, 0.3) is 0 Å². The Morgan fingerprint density at radius 1 is 1.31 bits per heavy atom. The number of rotatable bonds is 6. The second kappa shape index (κ2) is 5.95.